The van der Waals surface area contributed by atoms with Crippen LogP contribution < -0.4 is 0 Å². The molecule has 0 saturated carbocycles. The molecule has 2 aromatic carbocycles. The summed E-state index contributed by atoms with van der Waals surface area (Å²) in [6.07, 6.45) is 0. The van der Waals surface area contributed by atoms with Crippen molar-refractivity contribution in [3.8, 4) is 0 Å². The molecule has 3 rings (SSSR count). The third kappa shape index (κ3) is 2.06. The topological polar surface area (TPSA) is 38.1 Å². The van der Waals surface area contributed by atoms with Gasteiger partial charge in [0.05, 0.1) is 17.6 Å². The average molecular weight is 274 g/mol. The van der Waals surface area contributed by atoms with Crippen LogP contribution in [0.15, 0.2) is 42.5 Å². The lowest BCUT2D eigenvalue weighted by Gasteiger charge is -2.09. The number of hydrogen-bond acceptors (Lipinski definition) is 2. The standard InChI is InChI=1S/C15H12F2N2O/c16-11-5-3-4-10(15(11)17)8-19-13-7-2-1-6-12(13)18-14(19)9-20/h1-7,20H,8-9H2. The summed E-state index contributed by atoms with van der Waals surface area (Å²) in [6, 6.07) is 11.4. The van der Waals surface area contributed by atoms with Crippen LogP contribution in [0, 0.1) is 11.6 Å². The van der Waals surface area contributed by atoms with Crippen LogP contribution in [-0.2, 0) is 13.2 Å². The van der Waals surface area contributed by atoms with Gasteiger partial charge in [-0.2, -0.15) is 0 Å². The number of rotatable bonds is 3. The van der Waals surface area contributed by atoms with Crippen LogP contribution >= 0.6 is 0 Å². The van der Waals surface area contributed by atoms with E-state index in [0.717, 1.165) is 11.6 Å². The van der Waals surface area contributed by atoms with Crippen molar-refractivity contribution >= 4 is 11.0 Å². The molecule has 0 fully saturated rings. The summed E-state index contributed by atoms with van der Waals surface area (Å²) in [5, 5.41) is 9.37. The first-order valence-corrected chi connectivity index (χ1v) is 6.18. The SMILES string of the molecule is OCc1nc2ccccc2n1Cc1cccc(F)c1F. The Labute approximate surface area is 114 Å². The van der Waals surface area contributed by atoms with Crippen LogP contribution in [0.25, 0.3) is 11.0 Å². The zero-order chi connectivity index (χ0) is 14.1. The summed E-state index contributed by atoms with van der Waals surface area (Å²) in [4.78, 5) is 4.28. The van der Waals surface area contributed by atoms with Crippen LogP contribution in [0.4, 0.5) is 8.78 Å². The summed E-state index contributed by atoms with van der Waals surface area (Å²) >= 11 is 0. The molecule has 1 N–H and O–H groups in total. The van der Waals surface area contributed by atoms with Crippen LogP contribution in [0.2, 0.25) is 0 Å². The van der Waals surface area contributed by atoms with Crippen molar-refractivity contribution in [2.45, 2.75) is 13.2 Å². The van der Waals surface area contributed by atoms with Gasteiger partial charge < -0.3 is 9.67 Å². The zero-order valence-corrected chi connectivity index (χ0v) is 10.6. The fourth-order valence-corrected chi connectivity index (χ4v) is 2.26. The van der Waals surface area contributed by atoms with Crippen molar-refractivity contribution in [1.29, 1.82) is 0 Å². The molecular weight excluding hydrogens is 262 g/mol. The lowest BCUT2D eigenvalue weighted by atomic mass is 10.2. The van der Waals surface area contributed by atoms with E-state index in [1.807, 2.05) is 24.3 Å². The molecule has 0 radical (unpaired) electrons. The van der Waals surface area contributed by atoms with Gasteiger partial charge in [-0.05, 0) is 18.2 Å². The maximum Gasteiger partial charge on any atom is 0.163 e. The van der Waals surface area contributed by atoms with Crippen LogP contribution in [0.1, 0.15) is 11.4 Å². The summed E-state index contributed by atoms with van der Waals surface area (Å²) < 4.78 is 28.7. The molecule has 1 aromatic heterocycles. The molecule has 1 heterocycles. The van der Waals surface area contributed by atoms with Gasteiger partial charge in [-0.3, -0.25) is 0 Å². The van der Waals surface area contributed by atoms with Crippen molar-refractivity contribution in [2.24, 2.45) is 0 Å². The van der Waals surface area contributed by atoms with E-state index in [2.05, 4.69) is 4.98 Å². The van der Waals surface area contributed by atoms with E-state index >= 15 is 0 Å². The molecule has 0 aliphatic heterocycles. The number of benzene rings is 2. The molecule has 102 valence electrons. The van der Waals surface area contributed by atoms with Gasteiger partial charge >= 0.3 is 0 Å². The second kappa shape index (κ2) is 5.02. The summed E-state index contributed by atoms with van der Waals surface area (Å²) in [5.41, 5.74) is 1.72. The third-order valence-electron chi connectivity index (χ3n) is 3.24. The van der Waals surface area contributed by atoms with Crippen molar-refractivity contribution in [2.75, 3.05) is 0 Å². The van der Waals surface area contributed by atoms with Crippen molar-refractivity contribution in [3.63, 3.8) is 0 Å². The first kappa shape index (κ1) is 12.7. The third-order valence-corrected chi connectivity index (χ3v) is 3.24. The Balaban J connectivity index is 2.12. The molecule has 0 bridgehead atoms. The van der Waals surface area contributed by atoms with Crippen molar-refractivity contribution in [3.05, 3.63) is 65.5 Å². The molecule has 0 atom stereocenters. The molecule has 3 nitrogen and oxygen atoms in total. The largest absolute Gasteiger partial charge is 0.388 e. The second-order valence-electron chi connectivity index (χ2n) is 4.47. The molecule has 0 aliphatic rings. The van der Waals surface area contributed by atoms with Crippen LogP contribution in [0.3, 0.4) is 0 Å². The monoisotopic (exact) mass is 274 g/mol. The minimum atomic E-state index is -0.877. The van der Waals surface area contributed by atoms with Gasteiger partial charge in [-0.25, -0.2) is 13.8 Å². The number of aliphatic hydroxyl groups excluding tert-OH is 1. The van der Waals surface area contributed by atoms with E-state index in [1.54, 1.807) is 4.57 Å². The zero-order valence-electron chi connectivity index (χ0n) is 10.6. The van der Waals surface area contributed by atoms with E-state index in [-0.39, 0.29) is 18.7 Å². The predicted octanol–water partition coefficient (Wildman–Crippen LogP) is 2.86. The Morgan fingerprint density at radius 1 is 1.05 bits per heavy atom. The van der Waals surface area contributed by atoms with E-state index < -0.39 is 11.6 Å². The molecule has 3 aromatic rings. The molecule has 0 aliphatic carbocycles. The van der Waals surface area contributed by atoms with Gasteiger partial charge in [0.15, 0.2) is 11.6 Å². The predicted molar refractivity (Wildman–Crippen MR) is 71.1 cm³/mol. The van der Waals surface area contributed by atoms with Crippen LogP contribution in [0.5, 0.6) is 0 Å². The summed E-state index contributed by atoms with van der Waals surface area (Å²) in [5.74, 6) is -1.32. The number of aromatic nitrogens is 2. The molecule has 20 heavy (non-hydrogen) atoms. The highest BCUT2D eigenvalue weighted by Crippen LogP contribution is 2.20. The minimum Gasteiger partial charge on any atom is -0.388 e. The molecule has 0 unspecified atom stereocenters. The maximum absolute atomic E-state index is 13.8. The Bertz CT molecular complexity index is 768. The van der Waals surface area contributed by atoms with Gasteiger partial charge in [0.25, 0.3) is 0 Å². The first-order chi connectivity index (χ1) is 9.70. The number of imidazole rings is 1. The second-order valence-corrected chi connectivity index (χ2v) is 4.47. The molecular formula is C15H12F2N2O. The Morgan fingerprint density at radius 2 is 1.85 bits per heavy atom. The van der Waals surface area contributed by atoms with E-state index in [1.165, 1.54) is 12.1 Å². The lowest BCUT2D eigenvalue weighted by Crippen LogP contribution is -2.07. The van der Waals surface area contributed by atoms with Crippen molar-refractivity contribution < 1.29 is 13.9 Å². The average Bonchev–Trinajstić information content (AvgIpc) is 2.82. The Morgan fingerprint density at radius 3 is 2.65 bits per heavy atom. The summed E-state index contributed by atoms with van der Waals surface area (Å²) in [7, 11) is 0. The Kier molecular flexibility index (Phi) is 3.20. The highest BCUT2D eigenvalue weighted by molar-refractivity contribution is 5.76. The number of nitrogens with zero attached hydrogens (tertiary/aromatic N) is 2. The fourth-order valence-electron chi connectivity index (χ4n) is 2.26. The Hall–Kier alpha value is -2.27. The minimum absolute atomic E-state index is 0.125. The van der Waals surface area contributed by atoms with E-state index in [0.29, 0.717) is 11.3 Å². The van der Waals surface area contributed by atoms with Gasteiger partial charge in [0.2, 0.25) is 0 Å². The number of hydrogen-bond donors (Lipinski definition) is 1. The smallest absolute Gasteiger partial charge is 0.163 e. The number of fused-ring (bicyclic) bond motifs is 1. The van der Waals surface area contributed by atoms with Gasteiger partial charge in [0, 0.05) is 5.56 Å². The van der Waals surface area contributed by atoms with Gasteiger partial charge in [0.1, 0.15) is 12.4 Å². The summed E-state index contributed by atoms with van der Waals surface area (Å²) in [6.45, 7) is -0.133. The number of aliphatic hydroxyl groups is 1. The van der Waals surface area contributed by atoms with E-state index in [9.17, 15) is 13.9 Å². The number of para-hydroxylation sites is 2. The fraction of sp³-hybridized carbons (Fsp3) is 0.133. The molecule has 0 amide bonds. The highest BCUT2D eigenvalue weighted by Gasteiger charge is 2.13. The number of halogens is 2. The lowest BCUT2D eigenvalue weighted by molar-refractivity contribution is 0.266. The van der Waals surface area contributed by atoms with Crippen LogP contribution in [-0.4, -0.2) is 14.7 Å². The van der Waals surface area contributed by atoms with Gasteiger partial charge in [-0.15, -0.1) is 0 Å². The highest BCUT2D eigenvalue weighted by atomic mass is 19.2. The maximum atomic E-state index is 13.8. The first-order valence-electron chi connectivity index (χ1n) is 6.18. The quantitative estimate of drug-likeness (QED) is 0.797. The molecule has 0 spiro atoms. The van der Waals surface area contributed by atoms with Gasteiger partial charge in [-0.1, -0.05) is 24.3 Å². The molecule has 5 heteroatoms. The van der Waals surface area contributed by atoms with E-state index in [4.69, 9.17) is 0 Å². The molecule has 0 saturated heterocycles. The normalized spacial score (nSPS) is 11.2. The van der Waals surface area contributed by atoms with Crippen molar-refractivity contribution in [1.82, 2.24) is 9.55 Å².